The Morgan fingerprint density at radius 1 is 0.955 bits per heavy atom. The highest BCUT2D eigenvalue weighted by Gasteiger charge is 2.29. The van der Waals surface area contributed by atoms with Crippen LogP contribution in [-0.2, 0) is 14.4 Å². The molecule has 0 saturated carbocycles. The normalized spacial score (nSPS) is 19.6. The van der Waals surface area contributed by atoms with Crippen LogP contribution in [0, 0.1) is 11.7 Å². The third kappa shape index (κ3) is 9.03. The largest absolute Gasteiger partial charge is 0.492 e. The molecule has 3 aromatic carbocycles. The highest BCUT2D eigenvalue weighted by atomic mass is 19.1. The van der Waals surface area contributed by atoms with E-state index in [0.717, 1.165) is 0 Å². The number of hydrogen-bond donors (Lipinski definition) is 4. The minimum atomic E-state index is -1.08. The van der Waals surface area contributed by atoms with Crippen LogP contribution in [0.1, 0.15) is 48.7 Å². The minimum absolute atomic E-state index is 0.0251. The van der Waals surface area contributed by atoms with Gasteiger partial charge in [-0.05, 0) is 54.3 Å². The second kappa shape index (κ2) is 15.5. The number of carbonyl (C=O) groups is 4. The zero-order chi connectivity index (χ0) is 31.5. The molecular weight excluding hydrogens is 567 g/mol. The molecule has 10 nitrogen and oxygen atoms in total. The maximum atomic E-state index is 13.5. The van der Waals surface area contributed by atoms with Crippen molar-refractivity contribution in [3.63, 3.8) is 0 Å². The Morgan fingerprint density at radius 3 is 2.39 bits per heavy atom. The molecule has 4 N–H and O–H groups in total. The molecule has 0 spiro atoms. The summed E-state index contributed by atoms with van der Waals surface area (Å²) >= 11 is 0. The summed E-state index contributed by atoms with van der Waals surface area (Å²) in [6.07, 6.45) is -0.185. The van der Waals surface area contributed by atoms with Gasteiger partial charge in [0.15, 0.2) is 0 Å². The van der Waals surface area contributed by atoms with Crippen molar-refractivity contribution in [2.45, 2.75) is 44.8 Å². The van der Waals surface area contributed by atoms with Crippen LogP contribution in [0.3, 0.4) is 0 Å². The molecular formula is C33H37FN4O6. The first-order valence-corrected chi connectivity index (χ1v) is 14.5. The van der Waals surface area contributed by atoms with Gasteiger partial charge < -0.3 is 30.7 Å². The number of ether oxygens (including phenoxy) is 2. The van der Waals surface area contributed by atoms with Gasteiger partial charge in [0.1, 0.15) is 42.6 Å². The van der Waals surface area contributed by atoms with Crippen LogP contribution in [0.5, 0.6) is 11.5 Å². The monoisotopic (exact) mass is 604 g/mol. The molecule has 3 atom stereocenters. The second-order valence-corrected chi connectivity index (χ2v) is 10.7. The molecule has 4 rings (SSSR count). The summed E-state index contributed by atoms with van der Waals surface area (Å²) < 4.78 is 24.7. The SMILES string of the molecule is CC(C)[C@@H]1COc2ccccc2C(=O)N[C@H](C(=O)NCCOc2ccc(F)cc2)CCC(=O)N[C@@H](c2ccccc2)C(=O)N1. The molecule has 4 amide bonds. The van der Waals surface area contributed by atoms with Crippen LogP contribution in [0.25, 0.3) is 0 Å². The summed E-state index contributed by atoms with van der Waals surface area (Å²) in [5.74, 6) is -1.62. The van der Waals surface area contributed by atoms with E-state index in [4.69, 9.17) is 9.47 Å². The standard InChI is InChI=1S/C33H37FN4O6/c1-21(2)27-20-44-28-11-7-6-10-25(28)31(40)36-26(32(41)35-18-19-43-24-14-12-23(34)13-15-24)16-17-29(39)38-30(33(42)37-27)22-8-4-3-5-9-22/h3-15,21,26-27,30H,16-20H2,1-2H3,(H,35,41)(H,36,40)(H,37,42)(H,38,39)/t26-,27-,30-/m0/s1. The van der Waals surface area contributed by atoms with Crippen molar-refractivity contribution in [3.05, 3.63) is 95.8 Å². The zero-order valence-electron chi connectivity index (χ0n) is 24.7. The van der Waals surface area contributed by atoms with Gasteiger partial charge >= 0.3 is 0 Å². The fourth-order valence-corrected chi connectivity index (χ4v) is 4.58. The molecule has 0 fully saturated rings. The van der Waals surface area contributed by atoms with Gasteiger partial charge in [0.2, 0.25) is 17.7 Å². The quantitative estimate of drug-likeness (QED) is 0.306. The first-order valence-electron chi connectivity index (χ1n) is 14.5. The molecule has 1 aliphatic rings. The van der Waals surface area contributed by atoms with Crippen molar-refractivity contribution in [2.24, 2.45) is 5.92 Å². The smallest absolute Gasteiger partial charge is 0.255 e. The summed E-state index contributed by atoms with van der Waals surface area (Å²) in [4.78, 5) is 53.3. The molecule has 0 bridgehead atoms. The Hall–Kier alpha value is -4.93. The predicted molar refractivity (Wildman–Crippen MR) is 161 cm³/mol. The lowest BCUT2D eigenvalue weighted by molar-refractivity contribution is -0.130. The van der Waals surface area contributed by atoms with Gasteiger partial charge in [0.05, 0.1) is 18.2 Å². The molecule has 1 aliphatic heterocycles. The zero-order valence-corrected chi connectivity index (χ0v) is 24.7. The maximum absolute atomic E-state index is 13.5. The van der Waals surface area contributed by atoms with Gasteiger partial charge in [0.25, 0.3) is 5.91 Å². The van der Waals surface area contributed by atoms with Gasteiger partial charge in [-0.25, -0.2) is 4.39 Å². The number of carbonyl (C=O) groups excluding carboxylic acids is 4. The van der Waals surface area contributed by atoms with Crippen molar-refractivity contribution >= 4 is 23.6 Å². The van der Waals surface area contributed by atoms with E-state index in [2.05, 4.69) is 21.3 Å². The second-order valence-electron chi connectivity index (χ2n) is 10.7. The van der Waals surface area contributed by atoms with Crippen molar-refractivity contribution < 1.29 is 33.0 Å². The Kier molecular flexibility index (Phi) is 11.3. The highest BCUT2D eigenvalue weighted by Crippen LogP contribution is 2.21. The van der Waals surface area contributed by atoms with E-state index in [9.17, 15) is 23.6 Å². The minimum Gasteiger partial charge on any atom is -0.492 e. The summed E-state index contributed by atoms with van der Waals surface area (Å²) in [5.41, 5.74) is 0.806. The first-order chi connectivity index (χ1) is 21.2. The fourth-order valence-electron chi connectivity index (χ4n) is 4.58. The molecule has 232 valence electrons. The van der Waals surface area contributed by atoms with Crippen LogP contribution in [0.2, 0.25) is 0 Å². The molecule has 1 heterocycles. The maximum Gasteiger partial charge on any atom is 0.255 e. The number of halogens is 1. The van der Waals surface area contributed by atoms with Gasteiger partial charge in [-0.1, -0.05) is 56.3 Å². The molecule has 11 heteroatoms. The molecule has 3 aromatic rings. The summed E-state index contributed by atoms with van der Waals surface area (Å²) in [5, 5.41) is 11.2. The van der Waals surface area contributed by atoms with E-state index >= 15 is 0 Å². The van der Waals surface area contributed by atoms with Crippen LogP contribution in [0.15, 0.2) is 78.9 Å². The lowest BCUT2D eigenvalue weighted by atomic mass is 10.0. The predicted octanol–water partition coefficient (Wildman–Crippen LogP) is 3.29. The fraction of sp³-hybridized carbons (Fsp3) is 0.333. The van der Waals surface area contributed by atoms with E-state index < -0.39 is 47.6 Å². The van der Waals surface area contributed by atoms with Gasteiger partial charge in [-0.2, -0.15) is 0 Å². The van der Waals surface area contributed by atoms with Gasteiger partial charge in [0, 0.05) is 6.42 Å². The Balaban J connectivity index is 1.54. The summed E-state index contributed by atoms with van der Waals surface area (Å²) in [7, 11) is 0. The van der Waals surface area contributed by atoms with Crippen molar-refractivity contribution in [1.82, 2.24) is 21.3 Å². The summed E-state index contributed by atoms with van der Waals surface area (Å²) in [6, 6.07) is 18.5. The van der Waals surface area contributed by atoms with E-state index in [-0.39, 0.29) is 44.1 Å². The number of nitrogens with one attached hydrogen (secondary N) is 4. The van der Waals surface area contributed by atoms with E-state index in [1.54, 1.807) is 48.5 Å². The number of amides is 4. The average molecular weight is 605 g/mol. The topological polar surface area (TPSA) is 135 Å². The molecule has 0 radical (unpaired) electrons. The Bertz CT molecular complexity index is 1430. The number of hydrogen-bond acceptors (Lipinski definition) is 6. The number of rotatable bonds is 7. The van der Waals surface area contributed by atoms with Crippen LogP contribution in [-0.4, -0.2) is 55.5 Å². The van der Waals surface area contributed by atoms with Crippen molar-refractivity contribution in [3.8, 4) is 11.5 Å². The van der Waals surface area contributed by atoms with E-state index in [1.807, 2.05) is 19.9 Å². The Labute approximate surface area is 255 Å². The first kappa shape index (κ1) is 32.0. The third-order valence-electron chi connectivity index (χ3n) is 7.15. The average Bonchev–Trinajstić information content (AvgIpc) is 3.03. The van der Waals surface area contributed by atoms with Crippen LogP contribution in [0.4, 0.5) is 4.39 Å². The highest BCUT2D eigenvalue weighted by molar-refractivity contribution is 6.00. The van der Waals surface area contributed by atoms with Crippen LogP contribution >= 0.6 is 0 Å². The molecule has 0 unspecified atom stereocenters. The van der Waals surface area contributed by atoms with E-state index in [1.165, 1.54) is 24.3 Å². The molecule has 0 saturated heterocycles. The lowest BCUT2D eigenvalue weighted by Crippen LogP contribution is -2.49. The lowest BCUT2D eigenvalue weighted by Gasteiger charge is -2.26. The Morgan fingerprint density at radius 2 is 1.66 bits per heavy atom. The number of benzene rings is 3. The molecule has 0 aromatic heterocycles. The van der Waals surface area contributed by atoms with Crippen molar-refractivity contribution in [1.29, 1.82) is 0 Å². The van der Waals surface area contributed by atoms with Crippen molar-refractivity contribution in [2.75, 3.05) is 19.8 Å². The summed E-state index contributed by atoms with van der Waals surface area (Å²) in [6.45, 7) is 4.14. The van der Waals surface area contributed by atoms with E-state index in [0.29, 0.717) is 17.1 Å². The van der Waals surface area contributed by atoms with Crippen LogP contribution < -0.4 is 30.7 Å². The van der Waals surface area contributed by atoms with Gasteiger partial charge in [-0.3, -0.25) is 19.2 Å². The third-order valence-corrected chi connectivity index (χ3v) is 7.15. The molecule has 44 heavy (non-hydrogen) atoms. The number of para-hydroxylation sites is 1. The number of fused-ring (bicyclic) bond motifs is 1. The molecule has 0 aliphatic carbocycles. The van der Waals surface area contributed by atoms with Gasteiger partial charge in [-0.15, -0.1) is 0 Å².